The Morgan fingerprint density at radius 1 is 1.18 bits per heavy atom. The number of amides is 1. The normalized spacial score (nSPS) is 15.2. The maximum Gasteiger partial charge on any atom is 0.254 e. The molecule has 0 radical (unpaired) electrons. The molecule has 1 aromatic carbocycles. The fraction of sp³-hybridized carbons (Fsp3) is 0.562. The van der Waals surface area contributed by atoms with Crippen molar-refractivity contribution in [1.29, 1.82) is 0 Å². The van der Waals surface area contributed by atoms with Crippen LogP contribution in [-0.2, 0) is 0 Å². The van der Waals surface area contributed by atoms with Crippen molar-refractivity contribution < 1.29 is 4.79 Å². The molecule has 1 heterocycles. The number of carbonyl (C=O) groups is 1. The summed E-state index contributed by atoms with van der Waals surface area (Å²) in [5.41, 5.74) is 8.18. The Balaban J connectivity index is 0.00000220. The second-order valence-corrected chi connectivity index (χ2v) is 6.06. The van der Waals surface area contributed by atoms with Gasteiger partial charge in [-0.1, -0.05) is 19.9 Å². The molecule has 1 saturated heterocycles. The van der Waals surface area contributed by atoms with Gasteiger partial charge in [0, 0.05) is 44.0 Å². The molecule has 1 aliphatic rings. The number of hydrogen-bond donors (Lipinski definition) is 1. The molecule has 1 aliphatic heterocycles. The summed E-state index contributed by atoms with van der Waals surface area (Å²) in [5, 5.41) is 0. The number of nitrogens with zero attached hydrogens (tertiary/aromatic N) is 2. The average Bonchev–Trinajstić information content (AvgIpc) is 2.41. The summed E-state index contributed by atoms with van der Waals surface area (Å²) in [6.07, 6.45) is 0. The van der Waals surface area contributed by atoms with E-state index in [-0.39, 0.29) is 30.7 Å². The molecule has 22 heavy (non-hydrogen) atoms. The van der Waals surface area contributed by atoms with Crippen molar-refractivity contribution in [1.82, 2.24) is 9.80 Å². The molecule has 0 unspecified atom stereocenters. The molecule has 0 spiro atoms. The van der Waals surface area contributed by atoms with Crippen molar-refractivity contribution in [2.45, 2.75) is 20.8 Å². The Morgan fingerprint density at radius 3 is 2.32 bits per heavy atom. The zero-order chi connectivity index (χ0) is 14.7. The van der Waals surface area contributed by atoms with Gasteiger partial charge in [0.05, 0.1) is 0 Å². The van der Waals surface area contributed by atoms with Gasteiger partial charge in [0.25, 0.3) is 5.91 Å². The summed E-state index contributed by atoms with van der Waals surface area (Å²) in [4.78, 5) is 16.9. The van der Waals surface area contributed by atoms with Crippen LogP contribution in [0.25, 0.3) is 0 Å². The van der Waals surface area contributed by atoms with Crippen LogP contribution in [0.3, 0.4) is 0 Å². The Morgan fingerprint density at radius 2 is 1.77 bits per heavy atom. The number of rotatable bonds is 3. The topological polar surface area (TPSA) is 49.6 Å². The molecule has 0 atom stereocenters. The molecule has 4 nitrogen and oxygen atoms in total. The average molecular weight is 348 g/mol. The number of anilines is 1. The number of nitrogen functional groups attached to an aromatic ring is 1. The fourth-order valence-corrected chi connectivity index (χ4v) is 2.69. The first-order valence-electron chi connectivity index (χ1n) is 7.35. The second kappa shape index (κ2) is 9.23. The van der Waals surface area contributed by atoms with E-state index in [2.05, 4.69) is 18.7 Å². The van der Waals surface area contributed by atoms with Crippen molar-refractivity contribution in [3.8, 4) is 0 Å². The molecule has 6 heteroatoms. The maximum absolute atomic E-state index is 12.6. The lowest BCUT2D eigenvalue weighted by Gasteiger charge is -2.35. The van der Waals surface area contributed by atoms with Gasteiger partial charge in [0.1, 0.15) is 0 Å². The van der Waals surface area contributed by atoms with E-state index < -0.39 is 0 Å². The highest BCUT2D eigenvalue weighted by atomic mass is 35.5. The van der Waals surface area contributed by atoms with Gasteiger partial charge in [-0.15, -0.1) is 24.8 Å². The zero-order valence-corrected chi connectivity index (χ0v) is 15.2. The SMILES string of the molecule is Cc1ccc(N)cc1C(=O)N1CCN(CC(C)C)CC1.Cl.Cl. The van der Waals surface area contributed by atoms with E-state index in [0.29, 0.717) is 11.6 Å². The number of aryl methyl sites for hydroxylation is 1. The van der Waals surface area contributed by atoms with Gasteiger partial charge in [-0.3, -0.25) is 9.69 Å². The Kier molecular flexibility index (Phi) is 8.83. The number of halogens is 2. The highest BCUT2D eigenvalue weighted by molar-refractivity contribution is 5.96. The molecular formula is C16H27Cl2N3O. The molecule has 1 fully saturated rings. The summed E-state index contributed by atoms with van der Waals surface area (Å²) in [6.45, 7) is 11.1. The van der Waals surface area contributed by atoms with Gasteiger partial charge in [0.15, 0.2) is 0 Å². The van der Waals surface area contributed by atoms with Crippen LogP contribution < -0.4 is 5.73 Å². The lowest BCUT2D eigenvalue weighted by molar-refractivity contribution is 0.0623. The highest BCUT2D eigenvalue weighted by Crippen LogP contribution is 2.16. The number of nitrogens with two attached hydrogens (primary N) is 1. The molecule has 0 bridgehead atoms. The number of piperazine rings is 1. The summed E-state index contributed by atoms with van der Waals surface area (Å²) in [6, 6.07) is 5.54. The minimum Gasteiger partial charge on any atom is -0.399 e. The second-order valence-electron chi connectivity index (χ2n) is 6.06. The lowest BCUT2D eigenvalue weighted by atomic mass is 10.1. The van der Waals surface area contributed by atoms with Gasteiger partial charge >= 0.3 is 0 Å². The van der Waals surface area contributed by atoms with Crippen molar-refractivity contribution >= 4 is 36.4 Å². The molecule has 0 aliphatic carbocycles. The highest BCUT2D eigenvalue weighted by Gasteiger charge is 2.23. The molecule has 1 aromatic rings. The Labute approximate surface area is 145 Å². The van der Waals surface area contributed by atoms with E-state index >= 15 is 0 Å². The van der Waals surface area contributed by atoms with E-state index in [9.17, 15) is 4.79 Å². The standard InChI is InChI=1S/C16H25N3O.2ClH/c1-12(2)11-18-6-8-19(9-7-18)16(20)15-10-14(17)5-4-13(15)3;;/h4-5,10,12H,6-9,11,17H2,1-3H3;2*1H. The van der Waals surface area contributed by atoms with E-state index in [4.69, 9.17) is 5.73 Å². The molecule has 1 amide bonds. The third kappa shape index (κ3) is 5.34. The number of carbonyl (C=O) groups excluding carboxylic acids is 1. The summed E-state index contributed by atoms with van der Waals surface area (Å²) >= 11 is 0. The van der Waals surface area contributed by atoms with Crippen LogP contribution in [0.15, 0.2) is 18.2 Å². The lowest BCUT2D eigenvalue weighted by Crippen LogP contribution is -2.49. The number of hydrogen-bond acceptors (Lipinski definition) is 3. The Bertz CT molecular complexity index is 486. The Hall–Kier alpha value is -0.970. The van der Waals surface area contributed by atoms with E-state index in [1.54, 1.807) is 6.07 Å². The van der Waals surface area contributed by atoms with Gasteiger partial charge in [-0.25, -0.2) is 0 Å². The van der Waals surface area contributed by atoms with Crippen molar-refractivity contribution in [3.63, 3.8) is 0 Å². The fourth-order valence-electron chi connectivity index (χ4n) is 2.69. The minimum absolute atomic E-state index is 0. The minimum atomic E-state index is 0. The zero-order valence-electron chi connectivity index (χ0n) is 13.5. The third-order valence-corrected chi connectivity index (χ3v) is 3.77. The largest absolute Gasteiger partial charge is 0.399 e. The quantitative estimate of drug-likeness (QED) is 0.855. The van der Waals surface area contributed by atoms with Crippen LogP contribution in [-0.4, -0.2) is 48.4 Å². The van der Waals surface area contributed by atoms with E-state index in [0.717, 1.165) is 43.9 Å². The first-order valence-corrected chi connectivity index (χ1v) is 7.35. The molecular weight excluding hydrogens is 321 g/mol. The number of benzene rings is 1. The monoisotopic (exact) mass is 347 g/mol. The van der Waals surface area contributed by atoms with Crippen LogP contribution in [0.2, 0.25) is 0 Å². The molecule has 2 rings (SSSR count). The molecule has 0 saturated carbocycles. The van der Waals surface area contributed by atoms with Gasteiger partial charge < -0.3 is 10.6 Å². The predicted octanol–water partition coefficient (Wildman–Crippen LogP) is 2.83. The summed E-state index contributed by atoms with van der Waals surface area (Å²) in [7, 11) is 0. The smallest absolute Gasteiger partial charge is 0.254 e. The molecule has 0 aromatic heterocycles. The van der Waals surface area contributed by atoms with Crippen LogP contribution >= 0.6 is 24.8 Å². The van der Waals surface area contributed by atoms with Crippen molar-refractivity contribution in [2.75, 3.05) is 38.5 Å². The first kappa shape index (κ1) is 21.0. The van der Waals surface area contributed by atoms with Crippen molar-refractivity contribution in [3.05, 3.63) is 29.3 Å². The third-order valence-electron chi connectivity index (χ3n) is 3.77. The molecule has 126 valence electrons. The van der Waals surface area contributed by atoms with Gasteiger partial charge in [-0.2, -0.15) is 0 Å². The van der Waals surface area contributed by atoms with Gasteiger partial charge in [-0.05, 0) is 30.5 Å². The van der Waals surface area contributed by atoms with Crippen LogP contribution in [0.4, 0.5) is 5.69 Å². The first-order chi connectivity index (χ1) is 9.47. The van der Waals surface area contributed by atoms with Crippen LogP contribution in [0, 0.1) is 12.8 Å². The summed E-state index contributed by atoms with van der Waals surface area (Å²) < 4.78 is 0. The predicted molar refractivity (Wildman–Crippen MR) is 97.3 cm³/mol. The van der Waals surface area contributed by atoms with Gasteiger partial charge in [0.2, 0.25) is 0 Å². The van der Waals surface area contributed by atoms with Crippen LogP contribution in [0.1, 0.15) is 29.8 Å². The van der Waals surface area contributed by atoms with Crippen molar-refractivity contribution in [2.24, 2.45) is 5.92 Å². The molecule has 2 N–H and O–H groups in total. The maximum atomic E-state index is 12.6. The summed E-state index contributed by atoms with van der Waals surface area (Å²) in [5.74, 6) is 0.785. The van der Waals surface area contributed by atoms with E-state index in [1.165, 1.54) is 0 Å². The van der Waals surface area contributed by atoms with Crippen LogP contribution in [0.5, 0.6) is 0 Å². The van der Waals surface area contributed by atoms with E-state index in [1.807, 2.05) is 24.0 Å².